The Bertz CT molecular complexity index is 2510. The maximum atomic E-state index is 3.75. The molecule has 0 saturated heterocycles. The second-order valence-corrected chi connectivity index (χ2v) is 13.9. The van der Waals surface area contributed by atoms with Crippen molar-refractivity contribution in [2.24, 2.45) is 0 Å². The SMILES string of the molecule is CC1(C)c2cc(Nc3ccccc3-c3ccccc3)ccc2-c2ccc(N(c3ccccc3)c3ccc(-c4ccc5ccccc5c4)cc3)cc21. The van der Waals surface area contributed by atoms with Gasteiger partial charge in [-0.15, -0.1) is 0 Å². The van der Waals surface area contributed by atoms with E-state index < -0.39 is 0 Å². The highest BCUT2D eigenvalue weighted by molar-refractivity contribution is 5.90. The molecule has 0 saturated carbocycles. The van der Waals surface area contributed by atoms with Crippen LogP contribution in [0.25, 0.3) is 44.2 Å². The first-order valence-corrected chi connectivity index (χ1v) is 17.7. The zero-order valence-electron chi connectivity index (χ0n) is 28.8. The maximum absolute atomic E-state index is 3.75. The number of benzene rings is 8. The molecule has 0 spiro atoms. The van der Waals surface area contributed by atoms with Gasteiger partial charge in [0.25, 0.3) is 0 Å². The lowest BCUT2D eigenvalue weighted by Crippen LogP contribution is -2.16. The van der Waals surface area contributed by atoms with Crippen LogP contribution in [0.15, 0.2) is 188 Å². The summed E-state index contributed by atoms with van der Waals surface area (Å²) in [6.07, 6.45) is 0. The predicted molar refractivity (Wildman–Crippen MR) is 217 cm³/mol. The van der Waals surface area contributed by atoms with Gasteiger partial charge in [-0.25, -0.2) is 0 Å². The third kappa shape index (κ3) is 5.56. The number of hydrogen-bond donors (Lipinski definition) is 1. The first-order valence-electron chi connectivity index (χ1n) is 17.7. The molecule has 2 nitrogen and oxygen atoms in total. The van der Waals surface area contributed by atoms with Gasteiger partial charge in [0.2, 0.25) is 0 Å². The van der Waals surface area contributed by atoms with Crippen LogP contribution in [0, 0.1) is 0 Å². The predicted octanol–water partition coefficient (Wildman–Crippen LogP) is 13.7. The normalized spacial score (nSPS) is 12.7. The fourth-order valence-electron chi connectivity index (χ4n) is 7.76. The molecule has 0 unspecified atom stereocenters. The lowest BCUT2D eigenvalue weighted by Gasteiger charge is -2.28. The second-order valence-electron chi connectivity index (χ2n) is 13.9. The van der Waals surface area contributed by atoms with Gasteiger partial charge >= 0.3 is 0 Å². The minimum absolute atomic E-state index is 0.181. The van der Waals surface area contributed by atoms with Crippen molar-refractivity contribution in [2.75, 3.05) is 10.2 Å². The Morgan fingerprint density at radius 2 is 0.980 bits per heavy atom. The first kappa shape index (κ1) is 30.7. The molecule has 9 rings (SSSR count). The Hall–Kier alpha value is -6.38. The Kier molecular flexibility index (Phi) is 7.51. The summed E-state index contributed by atoms with van der Waals surface area (Å²) in [5.74, 6) is 0. The highest BCUT2D eigenvalue weighted by Gasteiger charge is 2.36. The van der Waals surface area contributed by atoms with Gasteiger partial charge in [-0.05, 0) is 110 Å². The third-order valence-corrected chi connectivity index (χ3v) is 10.4. The monoisotopic (exact) mass is 654 g/mol. The quantitative estimate of drug-likeness (QED) is 0.184. The van der Waals surface area contributed by atoms with E-state index in [9.17, 15) is 0 Å². The van der Waals surface area contributed by atoms with E-state index in [0.717, 1.165) is 28.4 Å². The van der Waals surface area contributed by atoms with Crippen LogP contribution in [0.3, 0.4) is 0 Å². The van der Waals surface area contributed by atoms with Crippen molar-refractivity contribution in [2.45, 2.75) is 19.3 Å². The van der Waals surface area contributed by atoms with Crippen molar-refractivity contribution < 1.29 is 0 Å². The molecule has 2 heteroatoms. The van der Waals surface area contributed by atoms with Gasteiger partial charge in [-0.3, -0.25) is 0 Å². The molecule has 0 atom stereocenters. The Balaban J connectivity index is 1.06. The Morgan fingerprint density at radius 1 is 0.392 bits per heavy atom. The van der Waals surface area contributed by atoms with Gasteiger partial charge < -0.3 is 10.2 Å². The highest BCUT2D eigenvalue weighted by atomic mass is 15.1. The lowest BCUT2D eigenvalue weighted by atomic mass is 9.82. The average Bonchev–Trinajstić information content (AvgIpc) is 3.41. The minimum atomic E-state index is -0.181. The minimum Gasteiger partial charge on any atom is -0.355 e. The van der Waals surface area contributed by atoms with Crippen molar-refractivity contribution in [1.82, 2.24) is 0 Å². The van der Waals surface area contributed by atoms with Gasteiger partial charge in [-0.1, -0.05) is 141 Å². The largest absolute Gasteiger partial charge is 0.355 e. The summed E-state index contributed by atoms with van der Waals surface area (Å²) in [6, 6.07) is 67.9. The first-order chi connectivity index (χ1) is 25.0. The van der Waals surface area contributed by atoms with Crippen molar-refractivity contribution >= 4 is 39.2 Å². The van der Waals surface area contributed by atoms with E-state index in [-0.39, 0.29) is 5.41 Å². The average molecular weight is 655 g/mol. The van der Waals surface area contributed by atoms with E-state index in [1.54, 1.807) is 0 Å². The Labute approximate surface area is 300 Å². The summed E-state index contributed by atoms with van der Waals surface area (Å²) in [4.78, 5) is 2.37. The molecule has 0 aliphatic heterocycles. The van der Waals surface area contributed by atoms with Gasteiger partial charge in [0.1, 0.15) is 0 Å². The van der Waals surface area contributed by atoms with Gasteiger partial charge in [-0.2, -0.15) is 0 Å². The van der Waals surface area contributed by atoms with Crippen molar-refractivity contribution in [3.8, 4) is 33.4 Å². The molecule has 8 aromatic rings. The van der Waals surface area contributed by atoms with Crippen molar-refractivity contribution in [1.29, 1.82) is 0 Å². The molecular weight excluding hydrogens is 617 g/mol. The van der Waals surface area contributed by atoms with Crippen LogP contribution in [0.2, 0.25) is 0 Å². The van der Waals surface area contributed by atoms with Crippen LogP contribution in [0.4, 0.5) is 28.4 Å². The van der Waals surface area contributed by atoms with Crippen molar-refractivity contribution in [3.63, 3.8) is 0 Å². The van der Waals surface area contributed by atoms with Crippen molar-refractivity contribution in [3.05, 3.63) is 199 Å². The zero-order chi connectivity index (χ0) is 34.4. The molecule has 8 aromatic carbocycles. The molecule has 0 bridgehead atoms. The molecule has 1 N–H and O–H groups in total. The summed E-state index contributed by atoms with van der Waals surface area (Å²) in [5.41, 5.74) is 15.5. The maximum Gasteiger partial charge on any atom is 0.0465 e. The van der Waals surface area contributed by atoms with Gasteiger partial charge in [0, 0.05) is 39.4 Å². The number of para-hydroxylation sites is 2. The summed E-state index contributed by atoms with van der Waals surface area (Å²) >= 11 is 0. The molecule has 0 amide bonds. The van der Waals surface area contributed by atoms with E-state index >= 15 is 0 Å². The lowest BCUT2D eigenvalue weighted by molar-refractivity contribution is 0.660. The number of anilines is 5. The molecule has 0 fully saturated rings. The summed E-state index contributed by atoms with van der Waals surface area (Å²) in [5, 5.41) is 6.27. The van der Waals surface area contributed by atoms with Crippen LogP contribution in [-0.4, -0.2) is 0 Å². The van der Waals surface area contributed by atoms with E-state index in [0.29, 0.717) is 0 Å². The number of hydrogen-bond acceptors (Lipinski definition) is 2. The number of nitrogens with zero attached hydrogens (tertiary/aromatic N) is 1. The smallest absolute Gasteiger partial charge is 0.0465 e. The summed E-state index contributed by atoms with van der Waals surface area (Å²) in [7, 11) is 0. The van der Waals surface area contributed by atoms with Crippen LogP contribution in [-0.2, 0) is 5.41 Å². The molecule has 1 aliphatic rings. The van der Waals surface area contributed by atoms with Crippen LogP contribution < -0.4 is 10.2 Å². The van der Waals surface area contributed by atoms with Crippen LogP contribution >= 0.6 is 0 Å². The second kappa shape index (κ2) is 12.5. The van der Waals surface area contributed by atoms with E-state index in [1.165, 1.54) is 55.3 Å². The number of rotatable bonds is 7. The van der Waals surface area contributed by atoms with E-state index in [1.807, 2.05) is 0 Å². The van der Waals surface area contributed by atoms with Gasteiger partial charge in [0.15, 0.2) is 0 Å². The topological polar surface area (TPSA) is 15.3 Å². The van der Waals surface area contributed by atoms with Crippen LogP contribution in [0.5, 0.6) is 0 Å². The van der Waals surface area contributed by atoms with E-state index in [4.69, 9.17) is 0 Å². The highest BCUT2D eigenvalue weighted by Crippen LogP contribution is 2.51. The molecule has 1 aliphatic carbocycles. The van der Waals surface area contributed by atoms with Crippen LogP contribution in [0.1, 0.15) is 25.0 Å². The fourth-order valence-corrected chi connectivity index (χ4v) is 7.76. The molecule has 0 heterocycles. The fraction of sp³-hybridized carbons (Fsp3) is 0.0612. The number of nitrogens with one attached hydrogen (secondary N) is 1. The molecule has 51 heavy (non-hydrogen) atoms. The van der Waals surface area contributed by atoms with Gasteiger partial charge in [0.05, 0.1) is 0 Å². The van der Waals surface area contributed by atoms with E-state index in [2.05, 4.69) is 212 Å². The summed E-state index contributed by atoms with van der Waals surface area (Å²) in [6.45, 7) is 4.71. The zero-order valence-corrected chi connectivity index (χ0v) is 28.8. The number of fused-ring (bicyclic) bond motifs is 4. The standard InChI is InChI=1S/C49H38N2/c1-49(2)46-32-39(50-48-20-12-11-19-43(48)36-14-5-3-6-15-36)25-29-44(46)45-30-28-42(33-47(45)49)51(40-17-7-4-8-18-40)41-26-23-35(24-27-41)38-22-21-34-13-9-10-16-37(34)31-38/h3-33,50H,1-2H3. The molecule has 0 aromatic heterocycles. The molecule has 244 valence electrons. The third-order valence-electron chi connectivity index (χ3n) is 10.4. The Morgan fingerprint density at radius 3 is 1.76 bits per heavy atom. The molecule has 0 radical (unpaired) electrons. The summed E-state index contributed by atoms with van der Waals surface area (Å²) < 4.78 is 0. The molecular formula is C49H38N2.